The van der Waals surface area contributed by atoms with Crippen LogP contribution in [-0.2, 0) is 6.54 Å². The first-order valence-electron chi connectivity index (χ1n) is 6.19. The maximum atomic E-state index is 10.1. The topological polar surface area (TPSA) is 41.5 Å². The Labute approximate surface area is 104 Å². The number of rotatable bonds is 7. The van der Waals surface area contributed by atoms with Gasteiger partial charge in [0, 0.05) is 13.1 Å². The lowest BCUT2D eigenvalue weighted by atomic mass is 9.97. The summed E-state index contributed by atoms with van der Waals surface area (Å²) in [6, 6.07) is 7.96. The molecule has 0 aliphatic rings. The van der Waals surface area contributed by atoms with Crippen LogP contribution in [-0.4, -0.2) is 24.4 Å². The lowest BCUT2D eigenvalue weighted by molar-refractivity contribution is 0.0323. The average Bonchev–Trinajstić information content (AvgIpc) is 2.39. The van der Waals surface area contributed by atoms with Crippen molar-refractivity contribution >= 4 is 0 Å². The van der Waals surface area contributed by atoms with Gasteiger partial charge in [-0.25, -0.2) is 0 Å². The Balaban J connectivity index is 2.40. The Hall–Kier alpha value is -1.06. The van der Waals surface area contributed by atoms with Gasteiger partial charge in [-0.05, 0) is 30.5 Å². The molecule has 0 amide bonds. The van der Waals surface area contributed by atoms with Crippen LogP contribution in [0.4, 0.5) is 0 Å². The van der Waals surface area contributed by atoms with E-state index in [1.54, 1.807) is 7.11 Å². The Kier molecular flexibility index (Phi) is 5.45. The first kappa shape index (κ1) is 14.0. The predicted octanol–water partition coefficient (Wildman–Crippen LogP) is 2.34. The molecule has 1 aromatic carbocycles. The molecule has 0 saturated heterocycles. The van der Waals surface area contributed by atoms with Gasteiger partial charge in [-0.1, -0.05) is 26.0 Å². The van der Waals surface area contributed by atoms with Gasteiger partial charge in [-0.3, -0.25) is 0 Å². The highest BCUT2D eigenvalue weighted by atomic mass is 16.5. The number of methoxy groups -OCH3 is 1. The van der Waals surface area contributed by atoms with Gasteiger partial charge in [0.1, 0.15) is 5.75 Å². The van der Waals surface area contributed by atoms with E-state index >= 15 is 0 Å². The van der Waals surface area contributed by atoms with Crippen LogP contribution in [0.3, 0.4) is 0 Å². The van der Waals surface area contributed by atoms with Crippen LogP contribution in [0.5, 0.6) is 5.75 Å². The summed E-state index contributed by atoms with van der Waals surface area (Å²) < 4.78 is 5.10. The van der Waals surface area contributed by atoms with Gasteiger partial charge in [0.25, 0.3) is 0 Å². The molecule has 96 valence electrons. The Morgan fingerprint density at radius 2 is 1.76 bits per heavy atom. The van der Waals surface area contributed by atoms with Gasteiger partial charge < -0.3 is 15.2 Å². The van der Waals surface area contributed by atoms with E-state index in [4.69, 9.17) is 4.74 Å². The van der Waals surface area contributed by atoms with Gasteiger partial charge in [0.05, 0.1) is 12.7 Å². The van der Waals surface area contributed by atoms with Crippen molar-refractivity contribution in [2.75, 3.05) is 13.7 Å². The molecule has 0 aromatic heterocycles. The largest absolute Gasteiger partial charge is 0.497 e. The van der Waals surface area contributed by atoms with Crippen LogP contribution in [0.25, 0.3) is 0 Å². The van der Waals surface area contributed by atoms with E-state index in [1.807, 2.05) is 38.1 Å². The molecule has 0 saturated carbocycles. The number of hydrogen-bond donors (Lipinski definition) is 2. The molecule has 17 heavy (non-hydrogen) atoms. The van der Waals surface area contributed by atoms with E-state index in [0.29, 0.717) is 6.54 Å². The van der Waals surface area contributed by atoms with Crippen molar-refractivity contribution in [3.8, 4) is 5.75 Å². The van der Waals surface area contributed by atoms with Crippen molar-refractivity contribution in [2.24, 2.45) is 0 Å². The molecule has 0 spiro atoms. The van der Waals surface area contributed by atoms with Crippen LogP contribution in [0.15, 0.2) is 24.3 Å². The third kappa shape index (κ3) is 4.36. The average molecular weight is 237 g/mol. The van der Waals surface area contributed by atoms with Crippen LogP contribution in [0.2, 0.25) is 0 Å². The minimum absolute atomic E-state index is 0.577. The standard InChI is InChI=1S/C14H23NO2/c1-4-14(16,5-2)11-15-10-12-6-8-13(17-3)9-7-12/h6-9,15-16H,4-5,10-11H2,1-3H3. The zero-order valence-corrected chi connectivity index (χ0v) is 11.0. The molecule has 2 N–H and O–H groups in total. The van der Waals surface area contributed by atoms with E-state index in [2.05, 4.69) is 5.32 Å². The van der Waals surface area contributed by atoms with Crippen molar-refractivity contribution in [3.63, 3.8) is 0 Å². The van der Waals surface area contributed by atoms with E-state index in [-0.39, 0.29) is 0 Å². The van der Waals surface area contributed by atoms with E-state index in [9.17, 15) is 5.11 Å². The summed E-state index contributed by atoms with van der Waals surface area (Å²) in [5.41, 5.74) is 0.618. The lowest BCUT2D eigenvalue weighted by Crippen LogP contribution is -2.39. The molecule has 0 fully saturated rings. The summed E-state index contributed by atoms with van der Waals surface area (Å²) in [7, 11) is 1.66. The molecule has 0 bridgehead atoms. The van der Waals surface area contributed by atoms with Gasteiger partial charge in [-0.2, -0.15) is 0 Å². The van der Waals surface area contributed by atoms with Crippen molar-refractivity contribution in [1.29, 1.82) is 0 Å². The minimum Gasteiger partial charge on any atom is -0.497 e. The summed E-state index contributed by atoms with van der Waals surface area (Å²) in [6.07, 6.45) is 1.55. The molecule has 0 unspecified atom stereocenters. The molecule has 0 aliphatic heterocycles. The predicted molar refractivity (Wildman–Crippen MR) is 70.2 cm³/mol. The van der Waals surface area contributed by atoms with E-state index in [1.165, 1.54) is 5.56 Å². The smallest absolute Gasteiger partial charge is 0.118 e. The Morgan fingerprint density at radius 3 is 2.24 bits per heavy atom. The lowest BCUT2D eigenvalue weighted by Gasteiger charge is -2.25. The highest BCUT2D eigenvalue weighted by Gasteiger charge is 2.20. The SMILES string of the molecule is CCC(O)(CC)CNCc1ccc(OC)cc1. The maximum Gasteiger partial charge on any atom is 0.118 e. The summed E-state index contributed by atoms with van der Waals surface area (Å²) in [5.74, 6) is 0.868. The Bertz CT molecular complexity index is 317. The van der Waals surface area contributed by atoms with Crippen LogP contribution >= 0.6 is 0 Å². The van der Waals surface area contributed by atoms with Gasteiger partial charge in [-0.15, -0.1) is 0 Å². The number of benzene rings is 1. The molecule has 0 radical (unpaired) electrons. The highest BCUT2D eigenvalue weighted by Crippen LogP contribution is 2.14. The number of ether oxygens (including phenoxy) is 1. The monoisotopic (exact) mass is 237 g/mol. The third-order valence-electron chi connectivity index (χ3n) is 3.26. The fourth-order valence-corrected chi connectivity index (χ4v) is 1.68. The first-order chi connectivity index (χ1) is 8.13. The Morgan fingerprint density at radius 1 is 1.18 bits per heavy atom. The first-order valence-corrected chi connectivity index (χ1v) is 6.19. The molecule has 3 heteroatoms. The van der Waals surface area contributed by atoms with Gasteiger partial charge in [0.15, 0.2) is 0 Å². The minimum atomic E-state index is -0.577. The zero-order valence-electron chi connectivity index (χ0n) is 11.0. The second kappa shape index (κ2) is 6.62. The molecule has 1 rings (SSSR count). The van der Waals surface area contributed by atoms with Crippen molar-refractivity contribution in [2.45, 2.75) is 38.8 Å². The van der Waals surface area contributed by atoms with Crippen molar-refractivity contribution in [1.82, 2.24) is 5.32 Å². The molecule has 0 aliphatic carbocycles. The summed E-state index contributed by atoms with van der Waals surface area (Å²) in [6.45, 7) is 5.43. The van der Waals surface area contributed by atoms with E-state index in [0.717, 1.165) is 25.1 Å². The second-order valence-electron chi connectivity index (χ2n) is 4.38. The molecule has 1 aromatic rings. The fraction of sp³-hybridized carbons (Fsp3) is 0.571. The van der Waals surface area contributed by atoms with Crippen molar-refractivity contribution in [3.05, 3.63) is 29.8 Å². The maximum absolute atomic E-state index is 10.1. The van der Waals surface area contributed by atoms with Crippen LogP contribution in [0, 0.1) is 0 Å². The second-order valence-corrected chi connectivity index (χ2v) is 4.38. The normalized spacial score (nSPS) is 11.5. The number of aliphatic hydroxyl groups is 1. The zero-order chi connectivity index (χ0) is 12.7. The van der Waals surface area contributed by atoms with Crippen LogP contribution in [0.1, 0.15) is 32.3 Å². The molecule has 0 heterocycles. The summed E-state index contributed by atoms with van der Waals surface area (Å²) in [5, 5.41) is 13.4. The summed E-state index contributed by atoms with van der Waals surface area (Å²) >= 11 is 0. The van der Waals surface area contributed by atoms with E-state index < -0.39 is 5.60 Å². The third-order valence-corrected chi connectivity index (χ3v) is 3.26. The molecule has 0 atom stereocenters. The van der Waals surface area contributed by atoms with Gasteiger partial charge >= 0.3 is 0 Å². The fourth-order valence-electron chi connectivity index (χ4n) is 1.68. The highest BCUT2D eigenvalue weighted by molar-refractivity contribution is 5.26. The quantitative estimate of drug-likeness (QED) is 0.765. The van der Waals surface area contributed by atoms with Crippen molar-refractivity contribution < 1.29 is 9.84 Å². The molecular formula is C14H23NO2. The molecule has 3 nitrogen and oxygen atoms in total. The van der Waals surface area contributed by atoms with Crippen LogP contribution < -0.4 is 10.1 Å². The molecular weight excluding hydrogens is 214 g/mol. The summed E-state index contributed by atoms with van der Waals surface area (Å²) in [4.78, 5) is 0. The number of hydrogen-bond acceptors (Lipinski definition) is 3. The number of nitrogens with one attached hydrogen (secondary N) is 1. The van der Waals surface area contributed by atoms with Gasteiger partial charge in [0.2, 0.25) is 0 Å².